The number of carbonyl (C=O) groups excluding carboxylic acids is 1. The van der Waals surface area contributed by atoms with Crippen LogP contribution in [0.25, 0.3) is 31.8 Å². The molecular formula is C31H31FN6O5S. The van der Waals surface area contributed by atoms with Crippen molar-refractivity contribution in [2.75, 3.05) is 43.6 Å². The molecular weight excluding hydrogens is 587 g/mol. The van der Waals surface area contributed by atoms with Crippen molar-refractivity contribution >= 4 is 50.2 Å². The zero-order valence-corrected chi connectivity index (χ0v) is 25.5. The van der Waals surface area contributed by atoms with Crippen LogP contribution < -0.4 is 19.7 Å². The zero-order chi connectivity index (χ0) is 30.8. The van der Waals surface area contributed by atoms with Gasteiger partial charge in [-0.15, -0.1) is 11.3 Å². The predicted octanol–water partition coefficient (Wildman–Crippen LogP) is 6.00. The van der Waals surface area contributed by atoms with Crippen LogP contribution in [0.1, 0.15) is 19.4 Å². The molecule has 4 heterocycles. The number of hydrogen-bond donors (Lipinski definition) is 1. The van der Waals surface area contributed by atoms with Crippen molar-refractivity contribution in [2.45, 2.75) is 33.0 Å². The van der Waals surface area contributed by atoms with E-state index in [1.807, 2.05) is 25.1 Å². The van der Waals surface area contributed by atoms with E-state index < -0.39 is 24.1 Å². The number of amides is 1. The lowest BCUT2D eigenvalue weighted by Gasteiger charge is -2.27. The number of morpholine rings is 1. The predicted molar refractivity (Wildman–Crippen MR) is 166 cm³/mol. The maximum Gasteiger partial charge on any atom is 0.412 e. The SMILES string of the molecule is COc1cnc2c(-c3nc4cc(F)c(O[C@@H](C)[C@@H](C)OC(=O)Nc5ccc(N6CCOCC6)nc5)cc4s3)cc(C)cc2n1. The number of aryl methyl sites for hydroxylation is 1. The number of fused-ring (bicyclic) bond motifs is 2. The first-order valence-electron chi connectivity index (χ1n) is 14.1. The second kappa shape index (κ2) is 12.5. The average molecular weight is 619 g/mol. The third kappa shape index (κ3) is 6.33. The minimum absolute atomic E-state index is 0.0394. The largest absolute Gasteiger partial charge is 0.484 e. The molecule has 6 rings (SSSR count). The van der Waals surface area contributed by atoms with Crippen molar-refractivity contribution in [3.05, 3.63) is 60.2 Å². The summed E-state index contributed by atoms with van der Waals surface area (Å²) in [4.78, 5) is 32.8. The van der Waals surface area contributed by atoms with Gasteiger partial charge in [-0.25, -0.2) is 29.1 Å². The summed E-state index contributed by atoms with van der Waals surface area (Å²) in [5.41, 5.74) is 4.13. The number of aromatic nitrogens is 4. The third-order valence-electron chi connectivity index (χ3n) is 7.25. The van der Waals surface area contributed by atoms with Gasteiger partial charge >= 0.3 is 6.09 Å². The van der Waals surface area contributed by atoms with Crippen molar-refractivity contribution in [3.63, 3.8) is 0 Å². The van der Waals surface area contributed by atoms with Gasteiger partial charge in [0.2, 0.25) is 5.88 Å². The van der Waals surface area contributed by atoms with Gasteiger partial charge in [0.25, 0.3) is 0 Å². The summed E-state index contributed by atoms with van der Waals surface area (Å²) in [5, 5.41) is 3.36. The van der Waals surface area contributed by atoms with Crippen molar-refractivity contribution in [1.82, 2.24) is 19.9 Å². The minimum atomic E-state index is -0.683. The number of nitrogens with one attached hydrogen (secondary N) is 1. The number of hydrogen-bond acceptors (Lipinski definition) is 11. The van der Waals surface area contributed by atoms with Gasteiger partial charge in [-0.05, 0) is 50.6 Å². The van der Waals surface area contributed by atoms with Gasteiger partial charge in [0.1, 0.15) is 23.0 Å². The van der Waals surface area contributed by atoms with Gasteiger partial charge in [-0.1, -0.05) is 0 Å². The maximum absolute atomic E-state index is 15.1. The first-order chi connectivity index (χ1) is 21.3. The first kappa shape index (κ1) is 29.5. The van der Waals surface area contributed by atoms with E-state index in [1.54, 1.807) is 45.5 Å². The molecule has 5 aromatic rings. The van der Waals surface area contributed by atoms with Gasteiger partial charge in [0, 0.05) is 30.8 Å². The fourth-order valence-electron chi connectivity index (χ4n) is 4.79. The molecule has 44 heavy (non-hydrogen) atoms. The number of benzene rings is 2. The highest BCUT2D eigenvalue weighted by molar-refractivity contribution is 7.21. The van der Waals surface area contributed by atoms with Gasteiger partial charge in [0.05, 0.1) is 59.7 Å². The van der Waals surface area contributed by atoms with E-state index in [2.05, 4.69) is 30.2 Å². The first-order valence-corrected chi connectivity index (χ1v) is 14.9. The standard InChI is InChI=1S/C31H31FN6O5S/c1-17-11-21(29-24(12-17)36-28(40-4)16-34-29)30-37-23-13-22(32)25(14-26(23)44-30)42-18(2)19(3)43-31(39)35-20-5-6-27(33-15-20)38-7-9-41-10-8-38/h5-6,11-16,18-19H,7-10H2,1-4H3,(H,35,39)/t18-,19+/m0/s1. The lowest BCUT2D eigenvalue weighted by Crippen LogP contribution is -2.36. The summed E-state index contributed by atoms with van der Waals surface area (Å²) < 4.78 is 37.9. The van der Waals surface area contributed by atoms with Crippen LogP contribution in [0, 0.1) is 12.7 Å². The summed E-state index contributed by atoms with van der Waals surface area (Å²) in [7, 11) is 1.54. The molecule has 3 aromatic heterocycles. The van der Waals surface area contributed by atoms with E-state index in [0.717, 1.165) is 34.7 Å². The number of ether oxygens (including phenoxy) is 4. The molecule has 0 saturated carbocycles. The number of carbonyl (C=O) groups is 1. The van der Waals surface area contributed by atoms with Gasteiger partial charge < -0.3 is 23.8 Å². The molecule has 1 amide bonds. The molecule has 228 valence electrons. The van der Waals surface area contributed by atoms with Crippen LogP contribution in [0.2, 0.25) is 0 Å². The molecule has 0 radical (unpaired) electrons. The van der Waals surface area contributed by atoms with Crippen molar-refractivity contribution in [3.8, 4) is 22.2 Å². The molecule has 0 spiro atoms. The fraction of sp³-hybridized carbons (Fsp3) is 0.323. The number of rotatable bonds is 8. The Bertz CT molecular complexity index is 1810. The highest BCUT2D eigenvalue weighted by atomic mass is 32.1. The molecule has 13 heteroatoms. The van der Waals surface area contributed by atoms with Crippen LogP contribution in [0.15, 0.2) is 48.8 Å². The molecule has 2 aromatic carbocycles. The maximum atomic E-state index is 15.1. The number of methoxy groups -OCH3 is 1. The number of pyridine rings is 1. The smallest absolute Gasteiger partial charge is 0.412 e. The lowest BCUT2D eigenvalue weighted by atomic mass is 10.1. The topological polar surface area (TPSA) is 121 Å². The summed E-state index contributed by atoms with van der Waals surface area (Å²) in [6.07, 6.45) is 1.14. The average Bonchev–Trinajstić information content (AvgIpc) is 3.43. The highest BCUT2D eigenvalue weighted by Gasteiger charge is 2.22. The molecule has 1 saturated heterocycles. The van der Waals surface area contributed by atoms with Crippen molar-refractivity contribution in [2.24, 2.45) is 0 Å². The van der Waals surface area contributed by atoms with Gasteiger partial charge in [-0.2, -0.15) is 0 Å². The van der Waals surface area contributed by atoms with Crippen LogP contribution in [0.3, 0.4) is 0 Å². The second-order valence-electron chi connectivity index (χ2n) is 10.4. The minimum Gasteiger partial charge on any atom is -0.484 e. The molecule has 2 atom stereocenters. The van der Waals surface area contributed by atoms with E-state index in [4.69, 9.17) is 18.9 Å². The van der Waals surface area contributed by atoms with E-state index in [0.29, 0.717) is 46.3 Å². The van der Waals surface area contributed by atoms with Gasteiger partial charge in [0.15, 0.2) is 11.6 Å². The number of halogens is 1. The highest BCUT2D eigenvalue weighted by Crippen LogP contribution is 2.37. The summed E-state index contributed by atoms with van der Waals surface area (Å²) in [6.45, 7) is 8.22. The van der Waals surface area contributed by atoms with Crippen LogP contribution in [-0.4, -0.2) is 71.7 Å². The van der Waals surface area contributed by atoms with Crippen LogP contribution >= 0.6 is 11.3 Å². The van der Waals surface area contributed by atoms with Gasteiger partial charge in [-0.3, -0.25) is 5.32 Å². The van der Waals surface area contributed by atoms with E-state index in [1.165, 1.54) is 17.4 Å². The number of thiazole rings is 1. The lowest BCUT2D eigenvalue weighted by molar-refractivity contribution is 0.0402. The van der Waals surface area contributed by atoms with Crippen molar-refractivity contribution < 1.29 is 28.1 Å². The zero-order valence-electron chi connectivity index (χ0n) is 24.7. The Morgan fingerprint density at radius 1 is 1.05 bits per heavy atom. The third-order valence-corrected chi connectivity index (χ3v) is 8.30. The second-order valence-corrected chi connectivity index (χ2v) is 11.5. The molecule has 1 N–H and O–H groups in total. The molecule has 0 aliphatic carbocycles. The Balaban J connectivity index is 1.12. The van der Waals surface area contributed by atoms with E-state index in [9.17, 15) is 4.79 Å². The summed E-state index contributed by atoms with van der Waals surface area (Å²) in [6, 6.07) is 10.5. The Kier molecular flexibility index (Phi) is 8.40. The Morgan fingerprint density at radius 3 is 2.61 bits per heavy atom. The van der Waals surface area contributed by atoms with E-state index >= 15 is 4.39 Å². The van der Waals surface area contributed by atoms with Crippen LogP contribution in [0.5, 0.6) is 11.6 Å². The number of nitrogens with zero attached hydrogens (tertiary/aromatic N) is 5. The Morgan fingerprint density at radius 2 is 1.86 bits per heavy atom. The fourth-order valence-corrected chi connectivity index (χ4v) is 5.79. The Hall–Kier alpha value is -4.62. The van der Waals surface area contributed by atoms with Crippen LogP contribution in [-0.2, 0) is 9.47 Å². The normalized spacial score (nSPS) is 14.8. The summed E-state index contributed by atoms with van der Waals surface area (Å²) in [5.74, 6) is 0.707. The molecule has 11 nitrogen and oxygen atoms in total. The number of anilines is 2. The molecule has 0 unspecified atom stereocenters. The van der Waals surface area contributed by atoms with E-state index in [-0.39, 0.29) is 5.75 Å². The van der Waals surface area contributed by atoms with Crippen molar-refractivity contribution in [1.29, 1.82) is 0 Å². The monoisotopic (exact) mass is 618 g/mol. The summed E-state index contributed by atoms with van der Waals surface area (Å²) >= 11 is 1.40. The molecule has 1 aliphatic heterocycles. The molecule has 1 aliphatic rings. The molecule has 0 bridgehead atoms. The molecule has 1 fully saturated rings. The van der Waals surface area contributed by atoms with Crippen LogP contribution in [0.4, 0.5) is 20.7 Å². The quantitative estimate of drug-likeness (QED) is 0.222. The Labute approximate surface area is 257 Å².